The first-order chi connectivity index (χ1) is 13.8. The van der Waals surface area contributed by atoms with Gasteiger partial charge in [-0.25, -0.2) is 4.98 Å². The van der Waals surface area contributed by atoms with E-state index in [0.29, 0.717) is 31.5 Å². The fourth-order valence-corrected chi connectivity index (χ4v) is 3.34. The van der Waals surface area contributed by atoms with Gasteiger partial charge in [0.1, 0.15) is 5.03 Å². The van der Waals surface area contributed by atoms with Crippen LogP contribution in [0.3, 0.4) is 0 Å². The second-order valence-corrected chi connectivity index (χ2v) is 6.71. The minimum Gasteiger partial charge on any atom is -0.363 e. The van der Waals surface area contributed by atoms with E-state index in [1.165, 1.54) is 18.7 Å². The number of carbonyl (C=O) groups excluding carboxylic acids is 1. The van der Waals surface area contributed by atoms with Crippen LogP contribution in [0.2, 0.25) is 0 Å². The van der Waals surface area contributed by atoms with Gasteiger partial charge in [0.2, 0.25) is 0 Å². The van der Waals surface area contributed by atoms with Crippen molar-refractivity contribution in [2.45, 2.75) is 25.7 Å². The van der Waals surface area contributed by atoms with Crippen LogP contribution in [-0.4, -0.2) is 45.5 Å². The second-order valence-electron chi connectivity index (χ2n) is 6.30. The summed E-state index contributed by atoms with van der Waals surface area (Å²) in [4.78, 5) is 21.2. The van der Waals surface area contributed by atoms with Crippen LogP contribution in [0, 0.1) is 0 Å². The van der Waals surface area contributed by atoms with Gasteiger partial charge in [-0.1, -0.05) is 11.6 Å². The van der Waals surface area contributed by atoms with Crippen LogP contribution in [-0.2, 0) is 30.5 Å². The minimum absolute atomic E-state index is 0.00914. The highest BCUT2D eigenvalue weighted by molar-refractivity contribution is 6.40. The number of imidazole rings is 1. The largest absolute Gasteiger partial charge is 0.416 e. The molecular weight excluding hydrogens is 409 g/mol. The van der Waals surface area contributed by atoms with Crippen molar-refractivity contribution in [1.82, 2.24) is 24.9 Å². The van der Waals surface area contributed by atoms with E-state index in [1.807, 2.05) is 4.90 Å². The van der Waals surface area contributed by atoms with Crippen LogP contribution in [0.1, 0.15) is 22.5 Å². The Kier molecular flexibility index (Phi) is 6.21. The average molecular weight is 427 g/mol. The normalized spacial score (nSPS) is 15.3. The van der Waals surface area contributed by atoms with Gasteiger partial charge in [0.05, 0.1) is 48.3 Å². The lowest BCUT2D eigenvalue weighted by molar-refractivity contribution is -0.138. The molecule has 0 amide bonds. The average Bonchev–Trinajstić information content (AvgIpc) is 3.10. The molecule has 0 fully saturated rings. The Balaban J connectivity index is 1.91. The first-order valence-electron chi connectivity index (χ1n) is 8.67. The highest BCUT2D eigenvalue weighted by atomic mass is 35.5. The molecule has 0 aliphatic carbocycles. The predicted octanol–water partition coefficient (Wildman–Crippen LogP) is 2.56. The second kappa shape index (κ2) is 8.64. The maximum atomic E-state index is 13.3. The molecule has 0 saturated heterocycles. The smallest absolute Gasteiger partial charge is 0.363 e. The summed E-state index contributed by atoms with van der Waals surface area (Å²) >= 11 is 6.04. The molecule has 154 valence electrons. The molecule has 3 heterocycles. The lowest BCUT2D eigenvalue weighted by Crippen LogP contribution is -2.32. The first-order valence-corrected chi connectivity index (χ1v) is 9.05. The van der Waals surface area contributed by atoms with Crippen LogP contribution in [0.4, 0.5) is 13.2 Å². The van der Waals surface area contributed by atoms with E-state index < -0.39 is 11.7 Å². The number of alkyl halides is 3. The quantitative estimate of drug-likeness (QED) is 0.332. The fourth-order valence-electron chi connectivity index (χ4n) is 3.18. The Morgan fingerprint density at radius 3 is 2.93 bits per heavy atom. The summed E-state index contributed by atoms with van der Waals surface area (Å²) in [6, 6.07) is 0.962. The number of nitrogens with zero attached hydrogens (tertiary/aromatic N) is 5. The van der Waals surface area contributed by atoms with E-state index in [-0.39, 0.29) is 17.1 Å². The van der Waals surface area contributed by atoms with Crippen LogP contribution >= 0.6 is 11.6 Å². The van der Waals surface area contributed by atoms with Crippen LogP contribution < -0.4 is 5.43 Å². The molecule has 0 radical (unpaired) electrons. The van der Waals surface area contributed by atoms with E-state index >= 15 is 0 Å². The van der Waals surface area contributed by atoms with Gasteiger partial charge in [0.25, 0.3) is 0 Å². The summed E-state index contributed by atoms with van der Waals surface area (Å²) in [6.45, 7) is 0.843. The topological polar surface area (TPSA) is 75.4 Å². The standard InChI is InChI=1S/C18H18ClF3N6O/c1-23-26-7-16(14(19)10-29)27-5-3-15-17(9-27)28(11-25-15)8-12-6-24-4-2-13(12)18(20,21)22/h2,4,6-7,10-11,23H,3,5,8-9H2,1H3/b16-14-,26-7-. The van der Waals surface area contributed by atoms with E-state index in [0.717, 1.165) is 23.7 Å². The molecule has 2 aromatic rings. The van der Waals surface area contributed by atoms with Crippen LogP contribution in [0.15, 0.2) is 40.6 Å². The van der Waals surface area contributed by atoms with Gasteiger partial charge in [0, 0.05) is 38.0 Å². The van der Waals surface area contributed by atoms with Gasteiger partial charge < -0.3 is 14.9 Å². The molecule has 0 atom stereocenters. The molecule has 1 aliphatic rings. The highest BCUT2D eigenvalue weighted by Gasteiger charge is 2.33. The Morgan fingerprint density at radius 1 is 1.45 bits per heavy atom. The number of hydrogen-bond donors (Lipinski definition) is 1. The molecule has 0 unspecified atom stereocenters. The van der Waals surface area contributed by atoms with Crippen molar-refractivity contribution in [2.24, 2.45) is 5.10 Å². The van der Waals surface area contributed by atoms with Crippen molar-refractivity contribution < 1.29 is 18.0 Å². The van der Waals surface area contributed by atoms with E-state index in [4.69, 9.17) is 11.6 Å². The van der Waals surface area contributed by atoms with E-state index in [2.05, 4.69) is 20.5 Å². The van der Waals surface area contributed by atoms with Gasteiger partial charge in [0.15, 0.2) is 6.29 Å². The lowest BCUT2D eigenvalue weighted by atomic mass is 10.1. The summed E-state index contributed by atoms with van der Waals surface area (Å²) in [6.07, 6.45) is 1.90. The maximum absolute atomic E-state index is 13.3. The summed E-state index contributed by atoms with van der Waals surface area (Å²) in [5.74, 6) is 0. The molecule has 1 N–H and O–H groups in total. The Bertz CT molecular complexity index is 953. The summed E-state index contributed by atoms with van der Waals surface area (Å²) in [5, 5.41) is 3.91. The van der Waals surface area contributed by atoms with Gasteiger partial charge in [-0.3, -0.25) is 9.78 Å². The number of fused-ring (bicyclic) bond motifs is 1. The number of carbonyl (C=O) groups is 1. The molecule has 0 saturated carbocycles. The number of allylic oxidation sites excluding steroid dienone is 2. The number of nitrogens with one attached hydrogen (secondary N) is 1. The molecule has 3 rings (SSSR count). The third-order valence-electron chi connectivity index (χ3n) is 4.55. The number of rotatable bonds is 6. The zero-order chi connectivity index (χ0) is 21.0. The molecule has 29 heavy (non-hydrogen) atoms. The molecule has 7 nitrogen and oxygen atoms in total. The SMILES string of the molecule is CN/N=C\C(=C(\Cl)C=O)N1CCc2ncn(Cc3cnccc3C(F)(F)F)c2C1. The number of hydrogen-bond acceptors (Lipinski definition) is 6. The lowest BCUT2D eigenvalue weighted by Gasteiger charge is -2.30. The molecule has 0 aromatic carbocycles. The van der Waals surface area contributed by atoms with Crippen LogP contribution in [0.25, 0.3) is 0 Å². The van der Waals surface area contributed by atoms with Crippen LogP contribution in [0.5, 0.6) is 0 Å². The van der Waals surface area contributed by atoms with Gasteiger partial charge in [-0.05, 0) is 6.07 Å². The molecule has 1 aliphatic heterocycles. The molecular formula is C18H18ClF3N6O. The molecule has 11 heteroatoms. The maximum Gasteiger partial charge on any atom is 0.416 e. The summed E-state index contributed by atoms with van der Waals surface area (Å²) in [7, 11) is 1.61. The third kappa shape index (κ3) is 4.58. The zero-order valence-electron chi connectivity index (χ0n) is 15.4. The molecule has 0 spiro atoms. The van der Waals surface area contributed by atoms with Gasteiger partial charge in [-0.2, -0.15) is 18.3 Å². The zero-order valence-corrected chi connectivity index (χ0v) is 16.2. The molecule has 0 bridgehead atoms. The van der Waals surface area contributed by atoms with E-state index in [1.54, 1.807) is 11.6 Å². The number of aromatic nitrogens is 3. The first kappa shape index (κ1) is 20.8. The number of halogens is 4. The van der Waals surface area contributed by atoms with E-state index in [9.17, 15) is 18.0 Å². The fraction of sp³-hybridized carbons (Fsp3) is 0.333. The Morgan fingerprint density at radius 2 is 2.24 bits per heavy atom. The van der Waals surface area contributed by atoms with Crippen molar-refractivity contribution in [3.63, 3.8) is 0 Å². The Hall–Kier alpha value is -2.88. The molecule has 2 aromatic heterocycles. The number of aldehydes is 1. The van der Waals surface area contributed by atoms with Crippen molar-refractivity contribution in [1.29, 1.82) is 0 Å². The predicted molar refractivity (Wildman–Crippen MR) is 101 cm³/mol. The Labute approximate surface area is 169 Å². The van der Waals surface area contributed by atoms with Crippen molar-refractivity contribution in [3.8, 4) is 0 Å². The third-order valence-corrected chi connectivity index (χ3v) is 4.83. The van der Waals surface area contributed by atoms with Crippen molar-refractivity contribution in [3.05, 3.63) is 58.0 Å². The number of hydrazone groups is 1. The van der Waals surface area contributed by atoms with Gasteiger partial charge >= 0.3 is 6.18 Å². The summed E-state index contributed by atoms with van der Waals surface area (Å²) in [5.41, 5.74) is 3.89. The van der Waals surface area contributed by atoms with Crippen molar-refractivity contribution in [2.75, 3.05) is 13.6 Å². The summed E-state index contributed by atoms with van der Waals surface area (Å²) < 4.78 is 41.5. The minimum atomic E-state index is -4.47. The van der Waals surface area contributed by atoms with Crippen molar-refractivity contribution >= 4 is 24.1 Å². The monoisotopic (exact) mass is 426 g/mol. The highest BCUT2D eigenvalue weighted by Crippen LogP contribution is 2.32. The van der Waals surface area contributed by atoms with Gasteiger partial charge in [-0.15, -0.1) is 0 Å². The number of pyridine rings is 1.